The number of carbonyl (C=O) groups excluding carboxylic acids is 1. The van der Waals surface area contributed by atoms with E-state index >= 15 is 0 Å². The largest absolute Gasteiger partial charge is 0.400 e. The number of fused-ring (bicyclic) bond motifs is 2. The average molecular weight is 298 g/mol. The van der Waals surface area contributed by atoms with Gasteiger partial charge in [-0.05, 0) is 30.5 Å². The number of aromatic nitrogens is 2. The number of amides is 1. The lowest BCUT2D eigenvalue weighted by Crippen LogP contribution is -2.40. The molecule has 1 spiro atoms. The normalized spacial score (nSPS) is 17.1. The minimum atomic E-state index is -0.352. The van der Waals surface area contributed by atoms with Crippen molar-refractivity contribution < 1.29 is 9.90 Å². The topological polar surface area (TPSA) is 101 Å². The third-order valence-corrected chi connectivity index (χ3v) is 4.43. The Bertz CT molecular complexity index is 712. The molecule has 1 fully saturated rings. The van der Waals surface area contributed by atoms with E-state index in [1.807, 2.05) is 12.1 Å². The summed E-state index contributed by atoms with van der Waals surface area (Å²) in [6.07, 6.45) is 7.85. The van der Waals surface area contributed by atoms with Gasteiger partial charge in [0.1, 0.15) is 6.33 Å². The number of rotatable bonds is 1. The molecule has 4 N–H and O–H groups in total. The Morgan fingerprint density at radius 3 is 2.50 bits per heavy atom. The SMILES string of the molecule is CO.Nc1cc(-c2cncnc2)c2c(c1)C1(CCC1)C(=O)N2. The molecule has 1 aliphatic heterocycles. The van der Waals surface area contributed by atoms with E-state index in [-0.39, 0.29) is 11.3 Å². The number of nitrogens with zero attached hydrogens (tertiary/aromatic N) is 2. The van der Waals surface area contributed by atoms with E-state index in [2.05, 4.69) is 15.3 Å². The highest BCUT2D eigenvalue weighted by atomic mass is 16.2. The molecular formula is C16H18N4O2. The molecule has 1 amide bonds. The summed E-state index contributed by atoms with van der Waals surface area (Å²) in [5, 5.41) is 10.0. The fourth-order valence-corrected chi connectivity index (χ4v) is 3.22. The highest BCUT2D eigenvalue weighted by Crippen LogP contribution is 2.53. The standard InChI is InChI=1S/C15H14N4O.CH4O/c16-10-4-11(9-6-17-8-18-7-9)13-12(5-10)15(2-1-3-15)14(20)19-13;1-2/h4-8H,1-3,16H2,(H,19,20);2H,1H3. The number of aliphatic hydroxyl groups is 1. The van der Waals surface area contributed by atoms with Crippen LogP contribution < -0.4 is 11.1 Å². The van der Waals surface area contributed by atoms with Crippen molar-refractivity contribution in [3.63, 3.8) is 0 Å². The Balaban J connectivity index is 0.000000693. The number of nitrogens with two attached hydrogens (primary N) is 1. The Labute approximate surface area is 128 Å². The Kier molecular flexibility index (Phi) is 3.54. The Morgan fingerprint density at radius 1 is 1.23 bits per heavy atom. The van der Waals surface area contributed by atoms with Crippen LogP contribution in [0.3, 0.4) is 0 Å². The van der Waals surface area contributed by atoms with Crippen LogP contribution in [0.5, 0.6) is 0 Å². The maximum Gasteiger partial charge on any atom is 0.235 e. The van der Waals surface area contributed by atoms with Crippen LogP contribution in [0.4, 0.5) is 11.4 Å². The van der Waals surface area contributed by atoms with E-state index < -0.39 is 0 Å². The summed E-state index contributed by atoms with van der Waals surface area (Å²) in [4.78, 5) is 20.4. The van der Waals surface area contributed by atoms with E-state index in [0.717, 1.165) is 48.8 Å². The van der Waals surface area contributed by atoms with Crippen molar-refractivity contribution in [2.45, 2.75) is 24.7 Å². The number of carbonyl (C=O) groups is 1. The molecule has 2 aromatic rings. The molecule has 6 heteroatoms. The maximum absolute atomic E-state index is 12.3. The van der Waals surface area contributed by atoms with Gasteiger partial charge < -0.3 is 16.2 Å². The molecule has 114 valence electrons. The second-order valence-corrected chi connectivity index (χ2v) is 5.51. The summed E-state index contributed by atoms with van der Waals surface area (Å²) < 4.78 is 0. The molecule has 1 saturated carbocycles. The molecule has 1 aliphatic carbocycles. The van der Waals surface area contributed by atoms with E-state index in [9.17, 15) is 4.79 Å². The van der Waals surface area contributed by atoms with Crippen LogP contribution >= 0.6 is 0 Å². The van der Waals surface area contributed by atoms with Crippen LogP contribution in [0.25, 0.3) is 11.1 Å². The van der Waals surface area contributed by atoms with Gasteiger partial charge in [0.15, 0.2) is 0 Å². The quantitative estimate of drug-likeness (QED) is 0.696. The van der Waals surface area contributed by atoms with Gasteiger partial charge in [-0.3, -0.25) is 4.79 Å². The number of aliphatic hydroxyl groups excluding tert-OH is 1. The average Bonchev–Trinajstić information content (AvgIpc) is 2.81. The van der Waals surface area contributed by atoms with E-state index in [4.69, 9.17) is 10.8 Å². The summed E-state index contributed by atoms with van der Waals surface area (Å²) in [7, 11) is 1.00. The Hall–Kier alpha value is -2.47. The van der Waals surface area contributed by atoms with Crippen molar-refractivity contribution in [3.8, 4) is 11.1 Å². The molecule has 0 saturated heterocycles. The van der Waals surface area contributed by atoms with Gasteiger partial charge in [-0.15, -0.1) is 0 Å². The first-order valence-electron chi connectivity index (χ1n) is 7.16. The Morgan fingerprint density at radius 2 is 1.91 bits per heavy atom. The van der Waals surface area contributed by atoms with Crippen LogP contribution in [-0.2, 0) is 10.2 Å². The van der Waals surface area contributed by atoms with Crippen LogP contribution in [0, 0.1) is 0 Å². The molecule has 1 aromatic heterocycles. The third kappa shape index (κ3) is 1.95. The first kappa shape index (κ1) is 14.5. The molecule has 6 nitrogen and oxygen atoms in total. The van der Waals surface area contributed by atoms with Crippen LogP contribution in [0.15, 0.2) is 30.9 Å². The highest BCUT2D eigenvalue weighted by Gasteiger charge is 2.51. The summed E-state index contributed by atoms with van der Waals surface area (Å²) in [5.41, 5.74) is 10.0. The van der Waals surface area contributed by atoms with Gasteiger partial charge in [0.05, 0.1) is 11.1 Å². The minimum Gasteiger partial charge on any atom is -0.400 e. The lowest BCUT2D eigenvalue weighted by molar-refractivity contribution is -0.123. The van der Waals surface area contributed by atoms with Gasteiger partial charge >= 0.3 is 0 Å². The molecule has 0 atom stereocenters. The van der Waals surface area contributed by atoms with Gasteiger partial charge in [-0.25, -0.2) is 9.97 Å². The third-order valence-electron chi connectivity index (χ3n) is 4.43. The van der Waals surface area contributed by atoms with Crippen molar-refractivity contribution in [2.24, 2.45) is 0 Å². The number of nitrogens with one attached hydrogen (secondary N) is 1. The fraction of sp³-hybridized carbons (Fsp3) is 0.312. The van der Waals surface area contributed by atoms with E-state index in [0.29, 0.717) is 5.69 Å². The molecule has 4 rings (SSSR count). The van der Waals surface area contributed by atoms with Gasteiger partial charge in [-0.1, -0.05) is 6.42 Å². The van der Waals surface area contributed by atoms with Crippen molar-refractivity contribution in [1.29, 1.82) is 0 Å². The molecule has 0 unspecified atom stereocenters. The van der Waals surface area contributed by atoms with Crippen molar-refractivity contribution in [1.82, 2.24) is 9.97 Å². The first-order chi connectivity index (χ1) is 10.7. The summed E-state index contributed by atoms with van der Waals surface area (Å²) >= 11 is 0. The smallest absolute Gasteiger partial charge is 0.235 e. The van der Waals surface area contributed by atoms with Gasteiger partial charge in [0.25, 0.3) is 0 Å². The van der Waals surface area contributed by atoms with Crippen molar-refractivity contribution in [2.75, 3.05) is 18.2 Å². The lowest BCUT2D eigenvalue weighted by Gasteiger charge is -2.36. The number of nitrogen functional groups attached to an aromatic ring is 1. The van der Waals surface area contributed by atoms with Crippen molar-refractivity contribution >= 4 is 17.3 Å². The van der Waals surface area contributed by atoms with Crippen molar-refractivity contribution in [3.05, 3.63) is 36.4 Å². The number of benzene rings is 1. The summed E-state index contributed by atoms with van der Waals surface area (Å²) in [6, 6.07) is 3.80. The molecule has 0 bridgehead atoms. The van der Waals surface area contributed by atoms with E-state index in [1.165, 1.54) is 6.33 Å². The first-order valence-corrected chi connectivity index (χ1v) is 7.16. The molecule has 1 aromatic carbocycles. The second-order valence-electron chi connectivity index (χ2n) is 5.51. The molecule has 0 radical (unpaired) electrons. The zero-order chi connectivity index (χ0) is 15.7. The summed E-state index contributed by atoms with van der Waals surface area (Å²) in [5.74, 6) is 0.0995. The van der Waals surface area contributed by atoms with Crippen LogP contribution in [0.1, 0.15) is 24.8 Å². The van der Waals surface area contributed by atoms with Gasteiger partial charge in [0, 0.05) is 36.3 Å². The monoisotopic (exact) mass is 298 g/mol. The summed E-state index contributed by atoms with van der Waals surface area (Å²) in [6.45, 7) is 0. The highest BCUT2D eigenvalue weighted by molar-refractivity contribution is 6.10. The van der Waals surface area contributed by atoms with E-state index in [1.54, 1.807) is 12.4 Å². The van der Waals surface area contributed by atoms with Gasteiger partial charge in [0.2, 0.25) is 5.91 Å². The molecular weight excluding hydrogens is 280 g/mol. The number of anilines is 2. The van der Waals surface area contributed by atoms with Crippen LogP contribution in [-0.4, -0.2) is 28.1 Å². The van der Waals surface area contributed by atoms with Crippen LogP contribution in [0.2, 0.25) is 0 Å². The maximum atomic E-state index is 12.3. The predicted octanol–water partition coefficient (Wildman–Crippen LogP) is 1.71. The second kappa shape index (κ2) is 5.38. The predicted molar refractivity (Wildman–Crippen MR) is 84.2 cm³/mol. The molecule has 2 heterocycles. The lowest BCUT2D eigenvalue weighted by atomic mass is 9.65. The molecule has 22 heavy (non-hydrogen) atoms. The minimum absolute atomic E-state index is 0.0995. The molecule has 2 aliphatic rings. The number of hydrogen-bond acceptors (Lipinski definition) is 5. The van der Waals surface area contributed by atoms with Gasteiger partial charge in [-0.2, -0.15) is 0 Å². The zero-order valence-electron chi connectivity index (χ0n) is 12.3. The zero-order valence-corrected chi connectivity index (χ0v) is 12.3. The number of hydrogen-bond donors (Lipinski definition) is 3. The fourth-order valence-electron chi connectivity index (χ4n) is 3.22.